The van der Waals surface area contributed by atoms with E-state index in [-0.39, 0.29) is 23.8 Å². The van der Waals surface area contributed by atoms with Gasteiger partial charge in [-0.2, -0.15) is 11.3 Å². The second-order valence-corrected chi connectivity index (χ2v) is 7.34. The Bertz CT molecular complexity index is 473. The number of thiophene rings is 1. The molecule has 0 aromatic carbocycles. The largest absolute Gasteiger partial charge is 0.468 e. The van der Waals surface area contributed by atoms with Gasteiger partial charge in [-0.25, -0.2) is 0 Å². The van der Waals surface area contributed by atoms with Gasteiger partial charge in [-0.15, -0.1) is 12.4 Å². The molecule has 0 N–H and O–H groups in total. The van der Waals surface area contributed by atoms with Gasteiger partial charge in [0.25, 0.3) is 0 Å². The Morgan fingerprint density at radius 2 is 2.18 bits per heavy atom. The maximum Gasteiger partial charge on any atom is 0.316 e. The van der Waals surface area contributed by atoms with Crippen LogP contribution in [0.2, 0.25) is 0 Å². The Morgan fingerprint density at radius 1 is 1.41 bits per heavy atom. The van der Waals surface area contributed by atoms with Gasteiger partial charge in [0.15, 0.2) is 0 Å². The normalized spacial score (nSPS) is 29.0. The molecule has 1 aliphatic carbocycles. The van der Waals surface area contributed by atoms with E-state index in [9.17, 15) is 4.79 Å². The van der Waals surface area contributed by atoms with Gasteiger partial charge in [0.1, 0.15) is 0 Å². The van der Waals surface area contributed by atoms with Gasteiger partial charge in [-0.05, 0) is 73.5 Å². The zero-order valence-corrected chi connectivity index (χ0v) is 14.9. The number of halogens is 1. The van der Waals surface area contributed by atoms with Crippen LogP contribution in [-0.2, 0) is 14.9 Å². The van der Waals surface area contributed by atoms with E-state index in [1.807, 2.05) is 0 Å². The van der Waals surface area contributed by atoms with Gasteiger partial charge in [0.05, 0.1) is 12.5 Å². The number of esters is 1. The summed E-state index contributed by atoms with van der Waals surface area (Å²) >= 11 is 1.67. The van der Waals surface area contributed by atoms with E-state index in [4.69, 9.17) is 4.74 Å². The summed E-state index contributed by atoms with van der Waals surface area (Å²) in [6.45, 7) is 3.63. The summed E-state index contributed by atoms with van der Waals surface area (Å²) in [6, 6.07) is 2.10. The lowest BCUT2D eigenvalue weighted by molar-refractivity contribution is -0.147. The van der Waals surface area contributed by atoms with Crippen LogP contribution >= 0.6 is 23.7 Å². The van der Waals surface area contributed by atoms with E-state index in [1.165, 1.54) is 45.0 Å². The Kier molecular flexibility index (Phi) is 6.30. The maximum atomic E-state index is 12.4. The molecule has 1 aromatic heterocycles. The number of ether oxygens (including phenoxy) is 1. The summed E-state index contributed by atoms with van der Waals surface area (Å²) in [7, 11) is 1.52. The van der Waals surface area contributed by atoms with E-state index in [2.05, 4.69) is 21.7 Å². The van der Waals surface area contributed by atoms with Gasteiger partial charge < -0.3 is 9.64 Å². The molecule has 0 radical (unpaired) electrons. The fourth-order valence-electron chi connectivity index (χ4n) is 4.11. The highest BCUT2D eigenvalue weighted by Crippen LogP contribution is 2.46. The third kappa shape index (κ3) is 3.50. The first-order valence-electron chi connectivity index (χ1n) is 8.08. The van der Waals surface area contributed by atoms with Crippen LogP contribution < -0.4 is 0 Å². The molecule has 2 unspecified atom stereocenters. The first kappa shape index (κ1) is 17.8. The fourth-order valence-corrected chi connectivity index (χ4v) is 4.86. The maximum absolute atomic E-state index is 12.4. The van der Waals surface area contributed by atoms with Crippen LogP contribution in [0.4, 0.5) is 0 Å². The lowest BCUT2D eigenvalue weighted by Crippen LogP contribution is -2.37. The molecule has 124 valence electrons. The van der Waals surface area contributed by atoms with Crippen molar-refractivity contribution < 1.29 is 9.53 Å². The topological polar surface area (TPSA) is 29.5 Å². The first-order chi connectivity index (χ1) is 10.2. The van der Waals surface area contributed by atoms with Gasteiger partial charge in [0, 0.05) is 6.54 Å². The second-order valence-electron chi connectivity index (χ2n) is 6.56. The molecule has 2 aliphatic rings. The van der Waals surface area contributed by atoms with Crippen LogP contribution in [0.15, 0.2) is 16.8 Å². The molecule has 3 nitrogen and oxygen atoms in total. The molecule has 1 saturated carbocycles. The highest BCUT2D eigenvalue weighted by Gasteiger charge is 2.48. The van der Waals surface area contributed by atoms with Crippen LogP contribution in [0.1, 0.15) is 44.1 Å². The predicted molar refractivity (Wildman–Crippen MR) is 92.9 cm³/mol. The number of likely N-dealkylation sites (tertiary alicyclic amines) is 1. The molecule has 2 heterocycles. The Morgan fingerprint density at radius 3 is 2.82 bits per heavy atom. The number of piperidine rings is 1. The summed E-state index contributed by atoms with van der Waals surface area (Å²) in [5, 5.41) is 4.19. The van der Waals surface area contributed by atoms with E-state index in [0.717, 1.165) is 25.8 Å². The van der Waals surface area contributed by atoms with Gasteiger partial charge in [-0.3, -0.25) is 4.79 Å². The highest BCUT2D eigenvalue weighted by molar-refractivity contribution is 7.08. The lowest BCUT2D eigenvalue weighted by atomic mass is 9.79. The molecule has 22 heavy (non-hydrogen) atoms. The molecule has 1 aromatic rings. The number of methoxy groups -OCH3 is 1. The molecule has 2 atom stereocenters. The molecular formula is C17H26ClNO2S. The summed E-state index contributed by atoms with van der Waals surface area (Å²) in [6.07, 6.45) is 7.07. The Labute approximate surface area is 143 Å². The molecule has 3 rings (SSSR count). The van der Waals surface area contributed by atoms with Crippen LogP contribution in [0.3, 0.4) is 0 Å². The molecule has 1 saturated heterocycles. The highest BCUT2D eigenvalue weighted by atomic mass is 35.5. The quantitative estimate of drug-likeness (QED) is 0.777. The molecule has 2 fully saturated rings. The van der Waals surface area contributed by atoms with Crippen molar-refractivity contribution in [3.63, 3.8) is 0 Å². The van der Waals surface area contributed by atoms with Crippen LogP contribution in [0, 0.1) is 5.92 Å². The smallest absolute Gasteiger partial charge is 0.316 e. The number of rotatable bonds is 4. The lowest BCUT2D eigenvalue weighted by Gasteiger charge is -2.30. The summed E-state index contributed by atoms with van der Waals surface area (Å²) in [5.41, 5.74) is 0.787. The van der Waals surface area contributed by atoms with E-state index < -0.39 is 0 Å². The van der Waals surface area contributed by atoms with Gasteiger partial charge >= 0.3 is 5.97 Å². The first-order valence-corrected chi connectivity index (χ1v) is 9.02. The molecule has 0 spiro atoms. The van der Waals surface area contributed by atoms with Crippen molar-refractivity contribution in [1.82, 2.24) is 4.90 Å². The third-order valence-electron chi connectivity index (χ3n) is 5.23. The van der Waals surface area contributed by atoms with Crippen molar-refractivity contribution in [2.45, 2.75) is 43.9 Å². The summed E-state index contributed by atoms with van der Waals surface area (Å²) in [4.78, 5) is 15.0. The van der Waals surface area contributed by atoms with Gasteiger partial charge in [-0.1, -0.05) is 6.42 Å². The Hall–Kier alpha value is -0.580. The number of carbonyl (C=O) groups excluding carboxylic acids is 1. The standard InChI is InChI=1S/C17H25NO2S.ClH/c1-20-16(19)17(15-6-10-21-13-15)7-5-14(11-17)12-18-8-3-2-4-9-18;/h6,10,13-14H,2-5,7-9,11-12H2,1H3;1H. The van der Waals surface area contributed by atoms with Crippen molar-refractivity contribution >= 4 is 29.7 Å². The van der Waals surface area contributed by atoms with Crippen LogP contribution in [-0.4, -0.2) is 37.6 Å². The molecule has 5 heteroatoms. The SMILES string of the molecule is COC(=O)C1(c2ccsc2)CCC(CN2CCCCC2)C1.Cl. The molecular weight excluding hydrogens is 318 g/mol. The second kappa shape index (κ2) is 7.80. The number of nitrogens with zero attached hydrogens (tertiary/aromatic N) is 1. The van der Waals surface area contributed by atoms with Crippen molar-refractivity contribution in [3.05, 3.63) is 22.4 Å². The van der Waals surface area contributed by atoms with Crippen molar-refractivity contribution in [2.75, 3.05) is 26.7 Å². The Balaban J connectivity index is 0.00000176. The monoisotopic (exact) mass is 343 g/mol. The summed E-state index contributed by atoms with van der Waals surface area (Å²) in [5.74, 6) is 0.587. The number of hydrogen-bond donors (Lipinski definition) is 0. The fraction of sp³-hybridized carbons (Fsp3) is 0.706. The molecule has 0 amide bonds. The minimum Gasteiger partial charge on any atom is -0.468 e. The van der Waals surface area contributed by atoms with Crippen molar-refractivity contribution in [2.24, 2.45) is 5.92 Å². The number of hydrogen-bond acceptors (Lipinski definition) is 4. The summed E-state index contributed by atoms with van der Waals surface area (Å²) < 4.78 is 5.15. The van der Waals surface area contributed by atoms with E-state index in [0.29, 0.717) is 5.92 Å². The van der Waals surface area contributed by atoms with Gasteiger partial charge in [0.2, 0.25) is 0 Å². The average Bonchev–Trinajstić information content (AvgIpc) is 3.17. The average molecular weight is 344 g/mol. The minimum absolute atomic E-state index is 0. The van der Waals surface area contributed by atoms with E-state index >= 15 is 0 Å². The van der Waals surface area contributed by atoms with Crippen molar-refractivity contribution in [3.8, 4) is 0 Å². The van der Waals surface area contributed by atoms with E-state index in [1.54, 1.807) is 11.3 Å². The zero-order valence-electron chi connectivity index (χ0n) is 13.3. The molecule has 1 aliphatic heterocycles. The van der Waals surface area contributed by atoms with Crippen molar-refractivity contribution in [1.29, 1.82) is 0 Å². The zero-order chi connectivity index (χ0) is 14.7. The minimum atomic E-state index is -0.380. The predicted octanol–water partition coefficient (Wildman–Crippen LogP) is 3.87. The van der Waals surface area contributed by atoms with Crippen LogP contribution in [0.5, 0.6) is 0 Å². The third-order valence-corrected chi connectivity index (χ3v) is 5.91. The van der Waals surface area contributed by atoms with Crippen LogP contribution in [0.25, 0.3) is 0 Å². The number of carbonyl (C=O) groups is 1. The molecule has 0 bridgehead atoms.